The molecule has 2 rings (SSSR count). The zero-order valence-electron chi connectivity index (χ0n) is 7.97. The van der Waals surface area contributed by atoms with Gasteiger partial charge in [0.05, 0.1) is 19.1 Å². The van der Waals surface area contributed by atoms with Gasteiger partial charge in [-0.3, -0.25) is 5.73 Å². The molecule has 2 heteroatoms. The van der Waals surface area contributed by atoms with Gasteiger partial charge in [-0.2, -0.15) is 0 Å². The Hall–Kier alpha value is -0.0800. The van der Waals surface area contributed by atoms with Gasteiger partial charge in [0.1, 0.15) is 6.67 Å². The molecule has 0 spiro atoms. The molecule has 2 N–H and O–H groups in total. The maximum Gasteiger partial charge on any atom is 0.130 e. The molecular formula is C10H21N2+. The van der Waals surface area contributed by atoms with Crippen molar-refractivity contribution < 1.29 is 4.48 Å². The molecule has 1 aliphatic heterocycles. The highest BCUT2D eigenvalue weighted by Gasteiger charge is 2.39. The SMILES string of the molecule is NC[N+]1(C2CCCC2)CCCC1. The van der Waals surface area contributed by atoms with Crippen LogP contribution in [0.15, 0.2) is 0 Å². The first-order valence-corrected chi connectivity index (χ1v) is 5.43. The summed E-state index contributed by atoms with van der Waals surface area (Å²) in [5, 5.41) is 0. The van der Waals surface area contributed by atoms with Crippen LogP contribution in [-0.4, -0.2) is 30.3 Å². The Kier molecular flexibility index (Phi) is 2.37. The smallest absolute Gasteiger partial charge is 0.130 e. The molecule has 0 unspecified atom stereocenters. The second-order valence-electron chi connectivity index (χ2n) is 4.49. The van der Waals surface area contributed by atoms with Crippen molar-refractivity contribution in [2.45, 2.75) is 44.6 Å². The Balaban J connectivity index is 2.04. The number of hydrogen-bond acceptors (Lipinski definition) is 1. The highest BCUT2D eigenvalue weighted by Crippen LogP contribution is 2.32. The van der Waals surface area contributed by atoms with Crippen LogP contribution < -0.4 is 5.73 Å². The lowest BCUT2D eigenvalue weighted by Crippen LogP contribution is -2.55. The molecule has 0 aromatic carbocycles. The average Bonchev–Trinajstić information content (AvgIpc) is 2.76. The topological polar surface area (TPSA) is 26.0 Å². The Bertz CT molecular complexity index is 144. The first-order chi connectivity index (χ1) is 5.87. The van der Waals surface area contributed by atoms with Crippen molar-refractivity contribution in [2.24, 2.45) is 5.73 Å². The summed E-state index contributed by atoms with van der Waals surface area (Å²) in [5.74, 6) is 0. The predicted molar refractivity (Wildman–Crippen MR) is 50.5 cm³/mol. The minimum Gasteiger partial charge on any atom is -0.309 e. The molecular weight excluding hydrogens is 148 g/mol. The van der Waals surface area contributed by atoms with E-state index < -0.39 is 0 Å². The monoisotopic (exact) mass is 169 g/mol. The van der Waals surface area contributed by atoms with Crippen LogP contribution in [-0.2, 0) is 0 Å². The highest BCUT2D eigenvalue weighted by molar-refractivity contribution is 4.71. The zero-order valence-corrected chi connectivity index (χ0v) is 7.97. The molecule has 1 aliphatic carbocycles. The van der Waals surface area contributed by atoms with Crippen molar-refractivity contribution in [1.82, 2.24) is 0 Å². The van der Waals surface area contributed by atoms with Crippen molar-refractivity contribution in [3.63, 3.8) is 0 Å². The second-order valence-corrected chi connectivity index (χ2v) is 4.49. The van der Waals surface area contributed by atoms with Crippen LogP contribution in [0.4, 0.5) is 0 Å². The lowest BCUT2D eigenvalue weighted by Gasteiger charge is -2.38. The van der Waals surface area contributed by atoms with Crippen LogP contribution in [0.1, 0.15) is 38.5 Å². The van der Waals surface area contributed by atoms with E-state index in [0.29, 0.717) is 0 Å². The van der Waals surface area contributed by atoms with Crippen LogP contribution in [0.5, 0.6) is 0 Å². The Morgan fingerprint density at radius 2 is 1.58 bits per heavy atom. The van der Waals surface area contributed by atoms with E-state index >= 15 is 0 Å². The Morgan fingerprint density at radius 1 is 1.00 bits per heavy atom. The number of nitrogens with zero attached hydrogens (tertiary/aromatic N) is 1. The number of quaternary nitrogens is 1. The van der Waals surface area contributed by atoms with Gasteiger partial charge in [0, 0.05) is 12.8 Å². The maximum atomic E-state index is 5.92. The molecule has 0 atom stereocenters. The van der Waals surface area contributed by atoms with E-state index in [1.807, 2.05) is 0 Å². The van der Waals surface area contributed by atoms with Gasteiger partial charge < -0.3 is 4.48 Å². The standard InChI is InChI=1S/C10H21N2/c11-9-12(7-3-4-8-12)10-5-1-2-6-10/h10H,1-9,11H2/q+1. The molecule has 0 aromatic heterocycles. The van der Waals surface area contributed by atoms with Crippen LogP contribution in [0.2, 0.25) is 0 Å². The van der Waals surface area contributed by atoms with E-state index in [1.54, 1.807) is 0 Å². The molecule has 0 aromatic rings. The molecule has 70 valence electrons. The summed E-state index contributed by atoms with van der Waals surface area (Å²) < 4.78 is 1.26. The summed E-state index contributed by atoms with van der Waals surface area (Å²) in [4.78, 5) is 0. The fraction of sp³-hybridized carbons (Fsp3) is 1.00. The third kappa shape index (κ3) is 1.27. The first-order valence-electron chi connectivity index (χ1n) is 5.43. The second kappa shape index (κ2) is 3.35. The average molecular weight is 169 g/mol. The zero-order chi connectivity index (χ0) is 8.44. The van der Waals surface area contributed by atoms with E-state index in [9.17, 15) is 0 Å². The van der Waals surface area contributed by atoms with Gasteiger partial charge in [-0.15, -0.1) is 0 Å². The number of likely N-dealkylation sites (tertiary alicyclic amines) is 1. The van der Waals surface area contributed by atoms with Crippen LogP contribution in [0.3, 0.4) is 0 Å². The third-order valence-corrected chi connectivity index (χ3v) is 3.92. The lowest BCUT2D eigenvalue weighted by atomic mass is 10.2. The van der Waals surface area contributed by atoms with Crippen molar-refractivity contribution in [3.05, 3.63) is 0 Å². The van der Waals surface area contributed by atoms with Gasteiger partial charge >= 0.3 is 0 Å². The normalized spacial score (nSPS) is 29.8. The fourth-order valence-corrected chi connectivity index (χ4v) is 3.11. The summed E-state index contributed by atoms with van der Waals surface area (Å²) in [7, 11) is 0. The van der Waals surface area contributed by atoms with E-state index in [0.717, 1.165) is 12.7 Å². The summed E-state index contributed by atoms with van der Waals surface area (Å²) in [6, 6.07) is 0.928. The van der Waals surface area contributed by atoms with Crippen LogP contribution in [0, 0.1) is 0 Å². The number of rotatable bonds is 2. The van der Waals surface area contributed by atoms with E-state index in [1.165, 1.54) is 56.1 Å². The molecule has 2 nitrogen and oxygen atoms in total. The van der Waals surface area contributed by atoms with Gasteiger partial charge in [-0.1, -0.05) is 0 Å². The summed E-state index contributed by atoms with van der Waals surface area (Å²) in [6.07, 6.45) is 8.60. The van der Waals surface area contributed by atoms with E-state index in [-0.39, 0.29) is 0 Å². The summed E-state index contributed by atoms with van der Waals surface area (Å²) >= 11 is 0. The summed E-state index contributed by atoms with van der Waals surface area (Å²) in [6.45, 7) is 3.62. The van der Waals surface area contributed by atoms with Gasteiger partial charge in [0.2, 0.25) is 0 Å². The fourth-order valence-electron chi connectivity index (χ4n) is 3.11. The van der Waals surface area contributed by atoms with Crippen molar-refractivity contribution in [1.29, 1.82) is 0 Å². The number of nitrogens with two attached hydrogens (primary N) is 1. The lowest BCUT2D eigenvalue weighted by molar-refractivity contribution is -0.939. The van der Waals surface area contributed by atoms with E-state index in [2.05, 4.69) is 0 Å². The van der Waals surface area contributed by atoms with Crippen molar-refractivity contribution >= 4 is 0 Å². The molecule has 1 heterocycles. The molecule has 0 amide bonds. The molecule has 2 fully saturated rings. The minimum atomic E-state index is 0.894. The Labute approximate surface area is 75.3 Å². The molecule has 2 aliphatic rings. The van der Waals surface area contributed by atoms with Gasteiger partial charge in [0.15, 0.2) is 0 Å². The highest BCUT2D eigenvalue weighted by atomic mass is 15.4. The van der Waals surface area contributed by atoms with Gasteiger partial charge in [-0.25, -0.2) is 0 Å². The minimum absolute atomic E-state index is 0.894. The van der Waals surface area contributed by atoms with Crippen molar-refractivity contribution in [3.8, 4) is 0 Å². The first kappa shape index (κ1) is 8.52. The number of hydrogen-bond donors (Lipinski definition) is 1. The molecule has 0 bridgehead atoms. The molecule has 1 saturated carbocycles. The van der Waals surface area contributed by atoms with Gasteiger partial charge in [-0.05, 0) is 25.7 Å². The van der Waals surface area contributed by atoms with Crippen molar-refractivity contribution in [2.75, 3.05) is 19.8 Å². The summed E-state index contributed by atoms with van der Waals surface area (Å²) in [5.41, 5.74) is 5.92. The molecule has 12 heavy (non-hydrogen) atoms. The van der Waals surface area contributed by atoms with E-state index in [4.69, 9.17) is 5.73 Å². The molecule has 0 radical (unpaired) electrons. The van der Waals surface area contributed by atoms with Crippen LogP contribution in [0.25, 0.3) is 0 Å². The molecule has 1 saturated heterocycles. The maximum absolute atomic E-state index is 5.92. The quantitative estimate of drug-likeness (QED) is 0.622. The van der Waals surface area contributed by atoms with Crippen LogP contribution >= 0.6 is 0 Å². The third-order valence-electron chi connectivity index (χ3n) is 3.92. The Morgan fingerprint density at radius 3 is 2.08 bits per heavy atom. The predicted octanol–water partition coefficient (Wildman–Crippen LogP) is 1.46. The van der Waals surface area contributed by atoms with Gasteiger partial charge in [0.25, 0.3) is 0 Å². The largest absolute Gasteiger partial charge is 0.309 e.